The van der Waals surface area contributed by atoms with Crippen LogP contribution in [-0.2, 0) is 0 Å². The van der Waals surface area contributed by atoms with E-state index in [0.717, 1.165) is 18.8 Å². The van der Waals surface area contributed by atoms with Crippen molar-refractivity contribution in [1.82, 2.24) is 0 Å². The molecule has 0 amide bonds. The van der Waals surface area contributed by atoms with Gasteiger partial charge in [0.05, 0.1) is 7.85 Å². The fourth-order valence-electron chi connectivity index (χ4n) is 3.14. The fraction of sp³-hybridized carbons (Fsp3) is 1.00. The molecule has 14 heavy (non-hydrogen) atoms. The van der Waals surface area contributed by atoms with Crippen LogP contribution in [0.25, 0.3) is 0 Å². The van der Waals surface area contributed by atoms with Crippen molar-refractivity contribution in [2.45, 2.75) is 66.1 Å². The van der Waals surface area contributed by atoms with E-state index in [9.17, 15) is 0 Å². The highest BCUT2D eigenvalue weighted by atomic mass is 14.6. The quantitative estimate of drug-likeness (QED) is 0.587. The van der Waals surface area contributed by atoms with Gasteiger partial charge in [0, 0.05) is 0 Å². The van der Waals surface area contributed by atoms with E-state index in [1.807, 2.05) is 0 Å². The normalized spacial score (nSPS) is 40.0. The van der Waals surface area contributed by atoms with Crippen LogP contribution in [-0.4, -0.2) is 7.85 Å². The predicted octanol–water partition coefficient (Wildman–Crippen LogP) is 4.21. The first-order chi connectivity index (χ1) is 6.15. The Balaban J connectivity index is 2.76. The second-order valence-electron chi connectivity index (χ2n) is 6.59. The Kier molecular flexibility index (Phi) is 2.85. The van der Waals surface area contributed by atoms with Gasteiger partial charge in [-0.2, -0.15) is 0 Å². The Morgan fingerprint density at radius 2 is 1.86 bits per heavy atom. The summed E-state index contributed by atoms with van der Waals surface area (Å²) in [5, 5.41) is 0.0146. The summed E-state index contributed by atoms with van der Waals surface area (Å²) in [5.74, 6) is 0.826. The molecule has 0 aromatic carbocycles. The van der Waals surface area contributed by atoms with Crippen LogP contribution in [0.5, 0.6) is 0 Å². The molecule has 3 atom stereocenters. The van der Waals surface area contributed by atoms with Crippen molar-refractivity contribution in [2.24, 2.45) is 16.7 Å². The molecule has 0 aliphatic heterocycles. The molecule has 0 saturated heterocycles. The first-order valence-corrected chi connectivity index (χ1v) is 5.93. The van der Waals surface area contributed by atoms with Gasteiger partial charge in [0.1, 0.15) is 0 Å². The van der Waals surface area contributed by atoms with E-state index in [-0.39, 0.29) is 5.31 Å². The van der Waals surface area contributed by atoms with E-state index in [0.29, 0.717) is 10.8 Å². The molecule has 0 heterocycles. The molecule has 1 aliphatic carbocycles. The molecule has 2 radical (unpaired) electrons. The standard InChI is InChI=1S/C13H25B/c1-7-12(5,14)9-13(6)10(2)8-11(13,3)4/h10H,7-9H2,1-6H3. The molecule has 1 saturated carbocycles. The van der Waals surface area contributed by atoms with Crippen molar-refractivity contribution in [2.75, 3.05) is 0 Å². The Morgan fingerprint density at radius 3 is 2.14 bits per heavy atom. The van der Waals surface area contributed by atoms with E-state index in [2.05, 4.69) is 41.5 Å². The highest BCUT2D eigenvalue weighted by molar-refractivity contribution is 6.14. The molecule has 0 spiro atoms. The van der Waals surface area contributed by atoms with E-state index < -0.39 is 0 Å². The maximum atomic E-state index is 6.29. The van der Waals surface area contributed by atoms with E-state index in [1.165, 1.54) is 6.42 Å². The second kappa shape index (κ2) is 3.28. The molecule has 80 valence electrons. The van der Waals surface area contributed by atoms with Gasteiger partial charge in [-0.1, -0.05) is 53.3 Å². The number of rotatable bonds is 3. The molecule has 0 nitrogen and oxygen atoms in total. The molecule has 0 aromatic heterocycles. The fourth-order valence-corrected chi connectivity index (χ4v) is 3.14. The van der Waals surface area contributed by atoms with Crippen LogP contribution in [0.2, 0.25) is 5.31 Å². The summed E-state index contributed by atoms with van der Waals surface area (Å²) < 4.78 is 0. The Hall–Kier alpha value is 0.0649. The van der Waals surface area contributed by atoms with Crippen LogP contribution in [0.1, 0.15) is 60.8 Å². The van der Waals surface area contributed by atoms with Gasteiger partial charge in [0.2, 0.25) is 0 Å². The summed E-state index contributed by atoms with van der Waals surface area (Å²) in [6.45, 7) is 14.0. The highest BCUT2D eigenvalue weighted by Gasteiger charge is 2.55. The first kappa shape index (κ1) is 12.1. The summed E-state index contributed by atoms with van der Waals surface area (Å²) in [4.78, 5) is 0. The van der Waals surface area contributed by atoms with Crippen molar-refractivity contribution in [1.29, 1.82) is 0 Å². The molecular formula is C13H25B. The lowest BCUT2D eigenvalue weighted by molar-refractivity contribution is -0.112. The minimum atomic E-state index is 0.0146. The molecule has 1 rings (SSSR count). The minimum Gasteiger partial charge on any atom is -0.0686 e. The molecule has 1 heteroatoms. The van der Waals surface area contributed by atoms with Crippen molar-refractivity contribution >= 4 is 7.85 Å². The SMILES string of the molecule is [B]C(C)(CC)CC1(C)C(C)CC1(C)C. The van der Waals surface area contributed by atoms with Gasteiger partial charge in [0.25, 0.3) is 0 Å². The van der Waals surface area contributed by atoms with Gasteiger partial charge >= 0.3 is 0 Å². The number of hydrogen-bond donors (Lipinski definition) is 0. The van der Waals surface area contributed by atoms with Crippen molar-refractivity contribution in [3.8, 4) is 0 Å². The summed E-state index contributed by atoms with van der Waals surface area (Å²) in [6.07, 6.45) is 3.58. The third-order valence-corrected chi connectivity index (χ3v) is 5.03. The summed E-state index contributed by atoms with van der Waals surface area (Å²) in [5.41, 5.74) is 0.911. The lowest BCUT2D eigenvalue weighted by Gasteiger charge is -2.62. The third kappa shape index (κ3) is 1.75. The van der Waals surface area contributed by atoms with Crippen LogP contribution in [0.15, 0.2) is 0 Å². The predicted molar refractivity (Wildman–Crippen MR) is 64.7 cm³/mol. The van der Waals surface area contributed by atoms with E-state index in [1.54, 1.807) is 0 Å². The summed E-state index contributed by atoms with van der Waals surface area (Å²) in [6, 6.07) is 0. The van der Waals surface area contributed by atoms with Gasteiger partial charge in [0.15, 0.2) is 0 Å². The zero-order valence-corrected chi connectivity index (χ0v) is 10.8. The second-order valence-corrected chi connectivity index (χ2v) is 6.59. The molecule has 0 aromatic rings. The van der Waals surface area contributed by atoms with Gasteiger partial charge < -0.3 is 0 Å². The molecule has 0 bridgehead atoms. The van der Waals surface area contributed by atoms with E-state index in [4.69, 9.17) is 7.85 Å². The van der Waals surface area contributed by atoms with Crippen molar-refractivity contribution in [3.05, 3.63) is 0 Å². The average Bonchev–Trinajstić information content (AvgIpc) is 2.03. The number of hydrogen-bond acceptors (Lipinski definition) is 0. The molecule has 0 N–H and O–H groups in total. The van der Waals surface area contributed by atoms with Gasteiger partial charge in [-0.3, -0.25) is 0 Å². The van der Waals surface area contributed by atoms with E-state index >= 15 is 0 Å². The van der Waals surface area contributed by atoms with Crippen LogP contribution in [0.3, 0.4) is 0 Å². The lowest BCUT2D eigenvalue weighted by Crippen LogP contribution is -2.53. The molecule has 1 aliphatic rings. The van der Waals surface area contributed by atoms with Crippen molar-refractivity contribution in [3.63, 3.8) is 0 Å². The summed E-state index contributed by atoms with van der Waals surface area (Å²) >= 11 is 0. The van der Waals surface area contributed by atoms with Crippen LogP contribution in [0, 0.1) is 16.7 Å². The topological polar surface area (TPSA) is 0 Å². The van der Waals surface area contributed by atoms with Crippen LogP contribution >= 0.6 is 0 Å². The largest absolute Gasteiger partial charge is 0.0742 e. The van der Waals surface area contributed by atoms with Gasteiger partial charge in [-0.25, -0.2) is 0 Å². The zero-order chi connectivity index (χ0) is 11.2. The van der Waals surface area contributed by atoms with Crippen LogP contribution < -0.4 is 0 Å². The first-order valence-electron chi connectivity index (χ1n) is 5.93. The summed E-state index contributed by atoms with van der Waals surface area (Å²) in [7, 11) is 6.29. The molecule has 3 unspecified atom stereocenters. The highest BCUT2D eigenvalue weighted by Crippen LogP contribution is 2.65. The maximum Gasteiger partial charge on any atom is 0.0742 e. The Labute approximate surface area is 91.3 Å². The maximum absolute atomic E-state index is 6.29. The van der Waals surface area contributed by atoms with Gasteiger partial charge in [-0.05, 0) is 29.6 Å². The minimum absolute atomic E-state index is 0.0146. The average molecular weight is 192 g/mol. The van der Waals surface area contributed by atoms with Crippen molar-refractivity contribution < 1.29 is 0 Å². The lowest BCUT2D eigenvalue weighted by atomic mass is 9.41. The smallest absolute Gasteiger partial charge is 0.0686 e. The zero-order valence-electron chi connectivity index (χ0n) is 10.8. The monoisotopic (exact) mass is 192 g/mol. The molecule has 1 fully saturated rings. The third-order valence-electron chi connectivity index (χ3n) is 5.03. The Morgan fingerprint density at radius 1 is 1.36 bits per heavy atom. The Bertz CT molecular complexity index is 217. The van der Waals surface area contributed by atoms with Crippen LogP contribution in [0.4, 0.5) is 0 Å². The molecular weight excluding hydrogens is 167 g/mol. The van der Waals surface area contributed by atoms with Gasteiger partial charge in [-0.15, -0.1) is 0 Å².